The van der Waals surface area contributed by atoms with Crippen LogP contribution in [0.4, 0.5) is 0 Å². The molecule has 0 radical (unpaired) electrons. The molecule has 0 aromatic carbocycles. The molecule has 2 rings (SSSR count). The van der Waals surface area contributed by atoms with Gasteiger partial charge in [-0.05, 0) is 6.26 Å². The van der Waals surface area contributed by atoms with Crippen molar-refractivity contribution in [1.82, 2.24) is 0 Å². The van der Waals surface area contributed by atoms with Gasteiger partial charge < -0.3 is 5.73 Å². The van der Waals surface area contributed by atoms with E-state index in [1.807, 2.05) is 6.26 Å². The molecule has 12 heavy (non-hydrogen) atoms. The highest BCUT2D eigenvalue weighted by molar-refractivity contribution is 8.13. The summed E-state index contributed by atoms with van der Waals surface area (Å²) in [6, 6.07) is -0.235. The zero-order valence-electron chi connectivity index (χ0n) is 6.43. The number of thioether (sulfide) groups is 1. The van der Waals surface area contributed by atoms with Crippen LogP contribution in [-0.4, -0.2) is 35.5 Å². The normalized spacial score (nSPS) is 26.1. The molecule has 2 N–H and O–H groups in total. The zero-order valence-corrected chi connectivity index (χ0v) is 7.25. The smallest absolute Gasteiger partial charge is 0.190 e. The first-order chi connectivity index (χ1) is 5.81. The van der Waals surface area contributed by atoms with E-state index in [0.29, 0.717) is 16.8 Å². The topological polar surface area (TPSA) is 75.5 Å². The molecule has 2 heterocycles. The van der Waals surface area contributed by atoms with Crippen molar-refractivity contribution in [2.75, 3.05) is 6.26 Å². The van der Waals surface area contributed by atoms with Crippen molar-refractivity contribution >= 4 is 34.9 Å². The Kier molecular flexibility index (Phi) is 1.69. The van der Waals surface area contributed by atoms with Crippen molar-refractivity contribution in [2.45, 2.75) is 6.04 Å². The summed E-state index contributed by atoms with van der Waals surface area (Å²) >= 11 is 1.44. The van der Waals surface area contributed by atoms with Crippen LogP contribution >= 0.6 is 11.8 Å². The van der Waals surface area contributed by atoms with Crippen molar-refractivity contribution in [3.63, 3.8) is 0 Å². The van der Waals surface area contributed by atoms with Crippen molar-refractivity contribution in [1.29, 1.82) is 0 Å². The summed E-state index contributed by atoms with van der Waals surface area (Å²) in [4.78, 5) is 16.2. The molecule has 0 aromatic heterocycles. The monoisotopic (exact) mass is 181 g/mol. The minimum atomic E-state index is -0.235. The van der Waals surface area contributed by atoms with Crippen molar-refractivity contribution < 1.29 is 0 Å². The number of nitrogens with zero attached hydrogens (tertiary/aromatic N) is 4. The lowest BCUT2D eigenvalue weighted by Crippen LogP contribution is -2.35. The molecule has 5 nitrogen and oxygen atoms in total. The minimum absolute atomic E-state index is 0.235. The van der Waals surface area contributed by atoms with Crippen molar-refractivity contribution in [2.24, 2.45) is 25.7 Å². The van der Waals surface area contributed by atoms with Crippen LogP contribution in [0.1, 0.15) is 0 Å². The Morgan fingerprint density at radius 1 is 1.50 bits per heavy atom. The Hall–Kier alpha value is -1.17. The number of hydrogen-bond acceptors (Lipinski definition) is 6. The van der Waals surface area contributed by atoms with Crippen LogP contribution in [0.5, 0.6) is 0 Å². The van der Waals surface area contributed by atoms with Crippen molar-refractivity contribution in [3.05, 3.63) is 0 Å². The average Bonchev–Trinajstić information content (AvgIpc) is 2.52. The summed E-state index contributed by atoms with van der Waals surface area (Å²) in [5, 5.41) is 0.646. The third-order valence-electron chi connectivity index (χ3n) is 1.55. The number of rotatable bonds is 0. The molecular formula is C6H7N5S. The predicted octanol–water partition coefficient (Wildman–Crippen LogP) is -0.115. The molecule has 1 unspecified atom stereocenters. The molecule has 2 aliphatic heterocycles. The molecule has 0 bridgehead atoms. The first kappa shape index (κ1) is 7.48. The van der Waals surface area contributed by atoms with E-state index in [1.54, 1.807) is 0 Å². The standard InChI is InChI=1S/C6H7N5S/c1-12-6-10-4(7)3-5(11-6)9-2-8-3/h2-3H,1H3,(H2,7,8,9,10,11). The highest BCUT2D eigenvalue weighted by Gasteiger charge is 2.26. The van der Waals surface area contributed by atoms with E-state index in [0.717, 1.165) is 0 Å². The SMILES string of the molecule is CSC1=NC2=NC=NC2C(N)=N1. The fourth-order valence-electron chi connectivity index (χ4n) is 0.981. The van der Waals surface area contributed by atoms with E-state index in [2.05, 4.69) is 20.0 Å². The second-order valence-corrected chi connectivity index (χ2v) is 3.06. The van der Waals surface area contributed by atoms with E-state index in [-0.39, 0.29) is 6.04 Å². The molecule has 0 fully saturated rings. The Morgan fingerprint density at radius 2 is 2.33 bits per heavy atom. The van der Waals surface area contributed by atoms with Crippen LogP contribution in [0.3, 0.4) is 0 Å². The molecular weight excluding hydrogens is 174 g/mol. The molecule has 62 valence electrons. The Balaban J connectivity index is 2.38. The molecule has 2 aliphatic rings. The quantitative estimate of drug-likeness (QED) is 0.566. The number of amidine groups is 3. The average molecular weight is 181 g/mol. The van der Waals surface area contributed by atoms with Gasteiger partial charge in [0.15, 0.2) is 17.0 Å². The summed E-state index contributed by atoms with van der Waals surface area (Å²) in [6.45, 7) is 0. The maximum atomic E-state index is 5.65. The van der Waals surface area contributed by atoms with Gasteiger partial charge in [0.2, 0.25) is 0 Å². The Bertz CT molecular complexity index is 327. The van der Waals surface area contributed by atoms with E-state index < -0.39 is 0 Å². The molecule has 0 saturated carbocycles. The third-order valence-corrected chi connectivity index (χ3v) is 2.10. The highest BCUT2D eigenvalue weighted by atomic mass is 32.2. The summed E-state index contributed by atoms with van der Waals surface area (Å²) in [5.41, 5.74) is 5.65. The zero-order chi connectivity index (χ0) is 8.55. The number of fused-ring (bicyclic) bond motifs is 1. The van der Waals surface area contributed by atoms with Gasteiger partial charge in [0.05, 0.1) is 0 Å². The molecule has 0 amide bonds. The van der Waals surface area contributed by atoms with Crippen LogP contribution in [0.2, 0.25) is 0 Å². The maximum absolute atomic E-state index is 5.65. The fraction of sp³-hybridized carbons (Fsp3) is 0.333. The van der Waals surface area contributed by atoms with Crippen LogP contribution in [0, 0.1) is 0 Å². The molecule has 0 aromatic rings. The molecule has 1 atom stereocenters. The molecule has 0 saturated heterocycles. The summed E-state index contributed by atoms with van der Waals surface area (Å²) in [7, 11) is 0. The Labute approximate surface area is 73.6 Å². The van der Waals surface area contributed by atoms with Gasteiger partial charge in [0.1, 0.15) is 12.2 Å². The van der Waals surface area contributed by atoms with Crippen LogP contribution in [-0.2, 0) is 0 Å². The van der Waals surface area contributed by atoms with Gasteiger partial charge in [0, 0.05) is 0 Å². The second-order valence-electron chi connectivity index (χ2n) is 2.29. The van der Waals surface area contributed by atoms with Gasteiger partial charge in [-0.1, -0.05) is 11.8 Å². The first-order valence-corrected chi connectivity index (χ1v) is 4.60. The minimum Gasteiger partial charge on any atom is -0.385 e. The highest BCUT2D eigenvalue weighted by Crippen LogP contribution is 2.13. The summed E-state index contributed by atoms with van der Waals surface area (Å²) < 4.78 is 0. The van der Waals surface area contributed by atoms with Gasteiger partial charge in [-0.3, -0.25) is 4.99 Å². The van der Waals surface area contributed by atoms with Gasteiger partial charge in [-0.2, -0.15) is 0 Å². The fourth-order valence-corrected chi connectivity index (χ4v) is 1.36. The van der Waals surface area contributed by atoms with Crippen LogP contribution < -0.4 is 5.73 Å². The predicted molar refractivity (Wildman–Crippen MR) is 52.3 cm³/mol. The summed E-state index contributed by atoms with van der Waals surface area (Å²) in [6.07, 6.45) is 3.36. The van der Waals surface area contributed by atoms with Crippen LogP contribution in [0.25, 0.3) is 0 Å². The van der Waals surface area contributed by atoms with E-state index in [1.165, 1.54) is 18.1 Å². The number of aliphatic imine (C=N–C) groups is 4. The van der Waals surface area contributed by atoms with E-state index in [9.17, 15) is 0 Å². The lowest BCUT2D eigenvalue weighted by Gasteiger charge is -2.12. The third kappa shape index (κ3) is 1.04. The summed E-state index contributed by atoms with van der Waals surface area (Å²) in [5.74, 6) is 1.12. The molecule has 0 aliphatic carbocycles. The van der Waals surface area contributed by atoms with Crippen LogP contribution in [0.15, 0.2) is 20.0 Å². The van der Waals surface area contributed by atoms with E-state index in [4.69, 9.17) is 5.73 Å². The largest absolute Gasteiger partial charge is 0.385 e. The maximum Gasteiger partial charge on any atom is 0.190 e. The van der Waals surface area contributed by atoms with Gasteiger partial charge in [-0.15, -0.1) is 0 Å². The lowest BCUT2D eigenvalue weighted by atomic mass is 10.2. The Morgan fingerprint density at radius 3 is 3.08 bits per heavy atom. The van der Waals surface area contributed by atoms with E-state index >= 15 is 0 Å². The second kappa shape index (κ2) is 2.71. The van der Waals surface area contributed by atoms with Gasteiger partial charge in [0.25, 0.3) is 0 Å². The molecule has 0 spiro atoms. The first-order valence-electron chi connectivity index (χ1n) is 3.37. The number of hydrogen-bond donors (Lipinski definition) is 1. The van der Waals surface area contributed by atoms with Crippen molar-refractivity contribution in [3.8, 4) is 0 Å². The lowest BCUT2D eigenvalue weighted by molar-refractivity contribution is 1.12. The van der Waals surface area contributed by atoms with Gasteiger partial charge in [-0.25, -0.2) is 15.0 Å². The molecule has 6 heteroatoms. The number of nitrogens with two attached hydrogens (primary N) is 1. The van der Waals surface area contributed by atoms with Gasteiger partial charge >= 0.3 is 0 Å².